The summed E-state index contributed by atoms with van der Waals surface area (Å²) in [6, 6.07) is 4.28. The lowest BCUT2D eigenvalue weighted by atomic mass is 10.0. The molecule has 1 heterocycles. The quantitative estimate of drug-likeness (QED) is 0.502. The number of nitrogens with zero attached hydrogens (tertiary/aromatic N) is 2. The van der Waals surface area contributed by atoms with Crippen LogP contribution in [0.5, 0.6) is 5.75 Å². The van der Waals surface area contributed by atoms with Crippen molar-refractivity contribution in [1.82, 2.24) is 4.90 Å². The van der Waals surface area contributed by atoms with Gasteiger partial charge in [0.25, 0.3) is 0 Å². The van der Waals surface area contributed by atoms with Crippen molar-refractivity contribution in [1.29, 1.82) is 0 Å². The second kappa shape index (κ2) is 10.3. The van der Waals surface area contributed by atoms with Gasteiger partial charge >= 0.3 is 18.4 Å². The molecule has 0 fully saturated rings. The van der Waals surface area contributed by atoms with Crippen LogP contribution in [0.4, 0.5) is 42.5 Å². The molecule has 1 aliphatic rings. The number of anilines is 2. The van der Waals surface area contributed by atoms with Crippen molar-refractivity contribution in [2.45, 2.75) is 25.7 Å². The zero-order valence-corrected chi connectivity index (χ0v) is 19.4. The van der Waals surface area contributed by atoms with Crippen molar-refractivity contribution in [3.05, 3.63) is 52.6 Å². The summed E-state index contributed by atoms with van der Waals surface area (Å²) in [7, 11) is 3.56. The minimum Gasteiger partial charge on any atom is -0.492 e. The summed E-state index contributed by atoms with van der Waals surface area (Å²) in [5.74, 6) is -0.0845. The first-order valence-electron chi connectivity index (χ1n) is 10.0. The maximum Gasteiger partial charge on any atom is 0.416 e. The SMILES string of the molecule is Cc1cc2c(cc1C(F)(F)F)N(C(=O)Nc1cc(OCCN(C)C)cc(C(F)(F)F)c1)CC2.Cl. The first-order chi connectivity index (χ1) is 15.3. The lowest BCUT2D eigenvalue weighted by Gasteiger charge is -2.21. The summed E-state index contributed by atoms with van der Waals surface area (Å²) in [4.78, 5) is 15.7. The third kappa shape index (κ3) is 6.47. The summed E-state index contributed by atoms with van der Waals surface area (Å²) in [5.41, 5.74) is -1.37. The van der Waals surface area contributed by atoms with E-state index in [1.54, 1.807) is 19.0 Å². The summed E-state index contributed by atoms with van der Waals surface area (Å²) in [6.45, 7) is 2.03. The van der Waals surface area contributed by atoms with Crippen LogP contribution in [0.25, 0.3) is 0 Å². The fourth-order valence-corrected chi connectivity index (χ4v) is 3.53. The summed E-state index contributed by atoms with van der Waals surface area (Å²) >= 11 is 0. The van der Waals surface area contributed by atoms with Crippen molar-refractivity contribution in [3.8, 4) is 5.75 Å². The van der Waals surface area contributed by atoms with Gasteiger partial charge < -0.3 is 15.0 Å². The van der Waals surface area contributed by atoms with Gasteiger partial charge in [0.15, 0.2) is 0 Å². The van der Waals surface area contributed by atoms with E-state index in [4.69, 9.17) is 4.74 Å². The Labute approximate surface area is 199 Å². The van der Waals surface area contributed by atoms with Crippen LogP contribution in [0, 0.1) is 6.92 Å². The lowest BCUT2D eigenvalue weighted by molar-refractivity contribution is -0.138. The Balaban J connectivity index is 0.00000408. The molecule has 0 aliphatic carbocycles. The van der Waals surface area contributed by atoms with Gasteiger partial charge in [0.2, 0.25) is 0 Å². The van der Waals surface area contributed by atoms with Crippen LogP contribution in [-0.2, 0) is 18.8 Å². The molecule has 0 bridgehead atoms. The number of halogens is 7. The highest BCUT2D eigenvalue weighted by Gasteiger charge is 2.36. The van der Waals surface area contributed by atoms with E-state index in [2.05, 4.69) is 5.32 Å². The van der Waals surface area contributed by atoms with Gasteiger partial charge in [-0.1, -0.05) is 6.07 Å². The normalized spacial score (nSPS) is 13.5. The van der Waals surface area contributed by atoms with E-state index >= 15 is 0 Å². The van der Waals surface area contributed by atoms with Crippen molar-refractivity contribution in [2.24, 2.45) is 0 Å². The Kier molecular flexibility index (Phi) is 8.36. The van der Waals surface area contributed by atoms with Crippen molar-refractivity contribution in [2.75, 3.05) is 44.0 Å². The molecule has 2 aromatic rings. The molecule has 5 nitrogen and oxygen atoms in total. The number of amides is 2. The Morgan fingerprint density at radius 2 is 1.74 bits per heavy atom. The van der Waals surface area contributed by atoms with Crippen LogP contribution in [0.1, 0.15) is 22.3 Å². The Morgan fingerprint density at radius 1 is 1.06 bits per heavy atom. The molecule has 188 valence electrons. The molecule has 2 amide bonds. The van der Waals surface area contributed by atoms with Crippen LogP contribution in [0.15, 0.2) is 30.3 Å². The lowest BCUT2D eigenvalue weighted by Crippen LogP contribution is -2.33. The third-order valence-electron chi connectivity index (χ3n) is 5.16. The first kappa shape index (κ1) is 27.6. The van der Waals surface area contributed by atoms with E-state index in [9.17, 15) is 31.1 Å². The third-order valence-corrected chi connectivity index (χ3v) is 5.16. The predicted molar refractivity (Wildman–Crippen MR) is 119 cm³/mol. The molecule has 0 spiro atoms. The molecular weight excluding hydrogens is 488 g/mol. The average Bonchev–Trinajstić information content (AvgIpc) is 3.08. The number of urea groups is 1. The number of fused-ring (bicyclic) bond motifs is 1. The number of carbonyl (C=O) groups is 1. The van der Waals surface area contributed by atoms with Crippen LogP contribution in [0.2, 0.25) is 0 Å². The highest BCUT2D eigenvalue weighted by atomic mass is 35.5. The van der Waals surface area contributed by atoms with Gasteiger partial charge in [0.05, 0.1) is 11.1 Å². The van der Waals surface area contributed by atoms with E-state index in [0.29, 0.717) is 18.5 Å². The second-order valence-corrected chi connectivity index (χ2v) is 8.02. The monoisotopic (exact) mass is 511 g/mol. The van der Waals surface area contributed by atoms with Crippen LogP contribution in [0.3, 0.4) is 0 Å². The fraction of sp³-hybridized carbons (Fsp3) is 0.409. The zero-order chi connectivity index (χ0) is 24.6. The molecule has 0 saturated carbocycles. The van der Waals surface area contributed by atoms with Gasteiger partial charge in [0, 0.05) is 30.5 Å². The number of alkyl halides is 6. The predicted octanol–water partition coefficient (Wildman–Crippen LogP) is 5.99. The summed E-state index contributed by atoms with van der Waals surface area (Å²) in [5, 5.41) is 2.36. The largest absolute Gasteiger partial charge is 0.492 e. The van der Waals surface area contributed by atoms with Crippen LogP contribution < -0.4 is 15.0 Å². The highest BCUT2D eigenvalue weighted by Crippen LogP contribution is 2.39. The molecule has 0 atom stereocenters. The van der Waals surface area contributed by atoms with Gasteiger partial charge in [-0.05, 0) is 56.8 Å². The Morgan fingerprint density at radius 3 is 2.32 bits per heavy atom. The van der Waals surface area contributed by atoms with E-state index in [1.807, 2.05) is 0 Å². The van der Waals surface area contributed by atoms with Gasteiger partial charge in [0.1, 0.15) is 12.4 Å². The number of hydrogen-bond donors (Lipinski definition) is 1. The number of benzene rings is 2. The van der Waals surface area contributed by atoms with Gasteiger partial charge in [-0.2, -0.15) is 26.3 Å². The molecule has 1 aliphatic heterocycles. The number of ether oxygens (including phenoxy) is 1. The number of likely N-dealkylation sites (N-methyl/N-ethyl adjacent to an activating group) is 1. The molecular formula is C22H24ClF6N3O2. The van der Waals surface area contributed by atoms with Gasteiger partial charge in [-0.15, -0.1) is 12.4 Å². The van der Waals surface area contributed by atoms with Crippen molar-refractivity contribution in [3.63, 3.8) is 0 Å². The molecule has 12 heteroatoms. The number of rotatable bonds is 5. The average molecular weight is 512 g/mol. The molecule has 1 N–H and O–H groups in total. The van der Waals surface area contributed by atoms with Gasteiger partial charge in [-0.25, -0.2) is 4.79 Å². The van der Waals surface area contributed by atoms with Crippen LogP contribution >= 0.6 is 12.4 Å². The highest BCUT2D eigenvalue weighted by molar-refractivity contribution is 6.03. The zero-order valence-electron chi connectivity index (χ0n) is 18.6. The Hall–Kier alpha value is -2.66. The topological polar surface area (TPSA) is 44.8 Å². The molecule has 34 heavy (non-hydrogen) atoms. The maximum atomic E-state index is 13.3. The fourth-order valence-electron chi connectivity index (χ4n) is 3.53. The van der Waals surface area contributed by atoms with E-state index < -0.39 is 29.5 Å². The van der Waals surface area contributed by atoms with Crippen molar-refractivity contribution < 1.29 is 35.9 Å². The summed E-state index contributed by atoms with van der Waals surface area (Å²) < 4.78 is 85.3. The molecule has 0 aromatic heterocycles. The minimum atomic E-state index is -4.68. The number of carbonyl (C=O) groups excluding carboxylic acids is 1. The number of nitrogens with one attached hydrogen (secondary N) is 1. The second-order valence-electron chi connectivity index (χ2n) is 8.02. The molecule has 0 saturated heterocycles. The van der Waals surface area contributed by atoms with Crippen LogP contribution in [-0.4, -0.2) is 44.7 Å². The van der Waals surface area contributed by atoms with Gasteiger partial charge in [-0.3, -0.25) is 4.90 Å². The first-order valence-corrected chi connectivity index (χ1v) is 10.0. The minimum absolute atomic E-state index is 0. The molecule has 2 aromatic carbocycles. The summed E-state index contributed by atoms with van der Waals surface area (Å²) in [6.07, 6.45) is -8.94. The smallest absolute Gasteiger partial charge is 0.416 e. The molecule has 0 radical (unpaired) electrons. The maximum absolute atomic E-state index is 13.3. The van der Waals surface area contributed by atoms with Crippen molar-refractivity contribution >= 4 is 29.8 Å². The standard InChI is InChI=1S/C22H23F6N3O2.ClH/c1-13-8-14-4-5-31(19(14)12-18(13)22(26,27)28)20(32)29-16-9-15(21(23,24)25)10-17(11-16)33-7-6-30(2)3;/h8-12H,4-7H2,1-3H3,(H,29,32);1H. The number of aryl methyl sites for hydroxylation is 1. The van der Waals surface area contributed by atoms with E-state index in [0.717, 1.165) is 23.1 Å². The Bertz CT molecular complexity index is 1040. The molecule has 0 unspecified atom stereocenters. The van der Waals surface area contributed by atoms with E-state index in [1.165, 1.54) is 19.1 Å². The molecule has 3 rings (SSSR count). The van der Waals surface area contributed by atoms with E-state index in [-0.39, 0.29) is 48.2 Å². The number of hydrogen-bond acceptors (Lipinski definition) is 3.